The fraction of sp³-hybridized carbons (Fsp3) is 0.400. The van der Waals surface area contributed by atoms with Crippen molar-refractivity contribution in [3.63, 3.8) is 0 Å². The number of hydrogen-bond acceptors (Lipinski definition) is 4. The van der Waals surface area contributed by atoms with E-state index in [0.717, 1.165) is 5.56 Å². The van der Waals surface area contributed by atoms with Crippen LogP contribution in [-0.2, 0) is 11.3 Å². The molecular formula is C20H24F3N3O2. The smallest absolute Gasteiger partial charge is 0.422 e. The van der Waals surface area contributed by atoms with Crippen LogP contribution >= 0.6 is 0 Å². The summed E-state index contributed by atoms with van der Waals surface area (Å²) in [6.45, 7) is 3.88. The molecule has 1 N–H and O–H groups in total. The molecule has 0 radical (unpaired) electrons. The summed E-state index contributed by atoms with van der Waals surface area (Å²) in [5, 5.41) is 2.80. The second-order valence-corrected chi connectivity index (χ2v) is 6.12. The Bertz CT molecular complexity index is 750. The van der Waals surface area contributed by atoms with Crippen molar-refractivity contribution in [3.8, 4) is 5.88 Å². The van der Waals surface area contributed by atoms with Gasteiger partial charge in [-0.3, -0.25) is 9.69 Å². The van der Waals surface area contributed by atoms with Crippen LogP contribution < -0.4 is 10.1 Å². The number of pyridine rings is 1. The highest BCUT2D eigenvalue weighted by Gasteiger charge is 2.29. The van der Waals surface area contributed by atoms with E-state index < -0.39 is 18.8 Å². The molecule has 8 heteroatoms. The topological polar surface area (TPSA) is 54.5 Å². The van der Waals surface area contributed by atoms with Gasteiger partial charge in [0.05, 0.1) is 0 Å². The minimum Gasteiger partial charge on any atom is -0.468 e. The van der Waals surface area contributed by atoms with E-state index in [4.69, 9.17) is 4.74 Å². The molecule has 0 bridgehead atoms. The minimum atomic E-state index is -4.46. The molecule has 0 saturated heterocycles. The summed E-state index contributed by atoms with van der Waals surface area (Å²) in [7, 11) is 0. The number of benzene rings is 1. The van der Waals surface area contributed by atoms with E-state index in [1.54, 1.807) is 12.1 Å². The summed E-state index contributed by atoms with van der Waals surface area (Å²) in [5.74, 6) is -0.375. The summed E-state index contributed by atoms with van der Waals surface area (Å²) in [5.41, 5.74) is 1.23. The van der Waals surface area contributed by atoms with Crippen LogP contribution in [0.5, 0.6) is 5.88 Å². The number of carbonyl (C=O) groups excluding carboxylic acids is 1. The molecule has 5 nitrogen and oxygen atoms in total. The molecule has 1 aromatic carbocycles. The molecule has 2 rings (SSSR count). The molecule has 152 valence electrons. The van der Waals surface area contributed by atoms with Gasteiger partial charge in [-0.05, 0) is 24.7 Å². The average molecular weight is 395 g/mol. The highest BCUT2D eigenvalue weighted by molar-refractivity contribution is 5.83. The number of likely N-dealkylation sites (N-methyl/N-ethyl adjacent to an activating group) is 1. The molecular weight excluding hydrogens is 371 g/mol. The lowest BCUT2D eigenvalue weighted by Crippen LogP contribution is -2.40. The van der Waals surface area contributed by atoms with Crippen molar-refractivity contribution >= 4 is 5.91 Å². The Hall–Kier alpha value is -2.61. The van der Waals surface area contributed by atoms with Gasteiger partial charge < -0.3 is 10.1 Å². The first-order chi connectivity index (χ1) is 13.4. The lowest BCUT2D eigenvalue weighted by Gasteiger charge is -2.29. The van der Waals surface area contributed by atoms with Crippen LogP contribution in [0.2, 0.25) is 0 Å². The number of amides is 1. The molecule has 2 aromatic rings. The molecule has 1 atom stereocenters. The zero-order valence-electron chi connectivity index (χ0n) is 15.9. The molecule has 1 unspecified atom stereocenters. The molecule has 0 saturated carbocycles. The third kappa shape index (κ3) is 6.23. The van der Waals surface area contributed by atoms with Crippen LogP contribution in [0.15, 0.2) is 48.7 Å². The Morgan fingerprint density at radius 2 is 1.82 bits per heavy atom. The standard InChI is InChI=1S/C20H24F3N3O2/c1-3-26(4-2)17(15-9-6-5-7-10-15)18(27)25-13-16-11-8-12-24-19(16)28-14-20(21,22)23/h5-12,17H,3-4,13-14H2,1-2H3,(H,25,27). The Balaban J connectivity index is 2.13. The van der Waals surface area contributed by atoms with Gasteiger partial charge in [0.15, 0.2) is 6.61 Å². The van der Waals surface area contributed by atoms with E-state index in [1.807, 2.05) is 49.1 Å². The molecule has 0 spiro atoms. The lowest BCUT2D eigenvalue weighted by molar-refractivity contribution is -0.154. The molecule has 0 aliphatic rings. The van der Waals surface area contributed by atoms with Crippen LogP contribution in [-0.4, -0.2) is 41.7 Å². The highest BCUT2D eigenvalue weighted by Crippen LogP contribution is 2.22. The van der Waals surface area contributed by atoms with Crippen LogP contribution in [0.1, 0.15) is 31.0 Å². The Morgan fingerprint density at radius 1 is 1.14 bits per heavy atom. The number of ether oxygens (including phenoxy) is 1. The number of rotatable bonds is 9. The normalized spacial score (nSPS) is 12.6. The molecule has 1 aromatic heterocycles. The number of halogens is 3. The van der Waals surface area contributed by atoms with Crippen molar-refractivity contribution in [2.75, 3.05) is 19.7 Å². The summed E-state index contributed by atoms with van der Waals surface area (Å²) in [4.78, 5) is 18.8. The van der Waals surface area contributed by atoms with Crippen molar-refractivity contribution in [1.82, 2.24) is 15.2 Å². The molecule has 28 heavy (non-hydrogen) atoms. The van der Waals surface area contributed by atoms with Crippen LogP contribution in [0.25, 0.3) is 0 Å². The lowest BCUT2D eigenvalue weighted by atomic mass is 10.0. The van der Waals surface area contributed by atoms with Crippen molar-refractivity contribution in [3.05, 3.63) is 59.8 Å². The Morgan fingerprint density at radius 3 is 2.43 bits per heavy atom. The summed E-state index contributed by atoms with van der Waals surface area (Å²) in [6.07, 6.45) is -3.11. The van der Waals surface area contributed by atoms with Gasteiger partial charge in [0, 0.05) is 18.3 Å². The molecule has 0 aliphatic carbocycles. The van der Waals surface area contributed by atoms with Crippen molar-refractivity contribution < 1.29 is 22.7 Å². The van der Waals surface area contributed by atoms with E-state index in [0.29, 0.717) is 18.7 Å². The van der Waals surface area contributed by atoms with Crippen LogP contribution in [0.4, 0.5) is 13.2 Å². The summed E-state index contributed by atoms with van der Waals surface area (Å²) in [6, 6.07) is 12.0. The summed E-state index contributed by atoms with van der Waals surface area (Å²) >= 11 is 0. The first-order valence-electron chi connectivity index (χ1n) is 9.05. The van der Waals surface area contributed by atoms with Gasteiger partial charge in [0.25, 0.3) is 0 Å². The van der Waals surface area contributed by atoms with E-state index in [1.165, 1.54) is 6.20 Å². The van der Waals surface area contributed by atoms with E-state index in [9.17, 15) is 18.0 Å². The van der Waals surface area contributed by atoms with Crippen molar-refractivity contribution in [2.45, 2.75) is 32.6 Å². The first kappa shape index (κ1) is 21.7. The fourth-order valence-corrected chi connectivity index (χ4v) is 2.87. The third-order valence-electron chi connectivity index (χ3n) is 4.22. The highest BCUT2D eigenvalue weighted by atomic mass is 19.4. The Labute approximate surface area is 162 Å². The maximum atomic E-state index is 12.9. The number of hydrogen-bond donors (Lipinski definition) is 1. The average Bonchev–Trinajstić information content (AvgIpc) is 2.69. The summed E-state index contributed by atoms with van der Waals surface area (Å²) < 4.78 is 42.0. The van der Waals surface area contributed by atoms with Crippen molar-refractivity contribution in [2.24, 2.45) is 0 Å². The number of nitrogens with one attached hydrogen (secondary N) is 1. The van der Waals surface area contributed by atoms with Gasteiger partial charge in [-0.1, -0.05) is 50.2 Å². The van der Waals surface area contributed by atoms with E-state index >= 15 is 0 Å². The predicted molar refractivity (Wildman–Crippen MR) is 99.7 cm³/mol. The monoisotopic (exact) mass is 395 g/mol. The van der Waals surface area contributed by atoms with Gasteiger partial charge in [0.2, 0.25) is 11.8 Å². The van der Waals surface area contributed by atoms with E-state index in [-0.39, 0.29) is 18.3 Å². The maximum Gasteiger partial charge on any atom is 0.422 e. The first-order valence-corrected chi connectivity index (χ1v) is 9.05. The molecule has 0 fully saturated rings. The SMILES string of the molecule is CCN(CC)C(C(=O)NCc1cccnc1OCC(F)(F)F)c1ccccc1. The predicted octanol–water partition coefficient (Wildman–Crippen LogP) is 3.72. The zero-order valence-corrected chi connectivity index (χ0v) is 15.9. The van der Waals surface area contributed by atoms with Crippen molar-refractivity contribution in [1.29, 1.82) is 0 Å². The Kier molecular flexibility index (Phi) is 7.80. The molecule has 1 heterocycles. The quantitative estimate of drug-likeness (QED) is 0.703. The second kappa shape index (κ2) is 10.1. The van der Waals surface area contributed by atoms with Gasteiger partial charge in [-0.2, -0.15) is 13.2 Å². The van der Waals surface area contributed by atoms with Gasteiger partial charge >= 0.3 is 6.18 Å². The van der Waals surface area contributed by atoms with Crippen LogP contribution in [0, 0.1) is 0 Å². The maximum absolute atomic E-state index is 12.9. The number of alkyl halides is 3. The fourth-order valence-electron chi connectivity index (χ4n) is 2.87. The third-order valence-corrected chi connectivity index (χ3v) is 4.22. The van der Waals surface area contributed by atoms with Gasteiger partial charge in [0.1, 0.15) is 6.04 Å². The second-order valence-electron chi connectivity index (χ2n) is 6.12. The van der Waals surface area contributed by atoms with Gasteiger partial charge in [-0.25, -0.2) is 4.98 Å². The number of nitrogens with zero attached hydrogens (tertiary/aromatic N) is 2. The van der Waals surface area contributed by atoms with Gasteiger partial charge in [-0.15, -0.1) is 0 Å². The minimum absolute atomic E-state index is 0.0183. The number of carbonyl (C=O) groups is 1. The van der Waals surface area contributed by atoms with Crippen LogP contribution in [0.3, 0.4) is 0 Å². The molecule has 0 aliphatic heterocycles. The molecule has 1 amide bonds. The number of aromatic nitrogens is 1. The largest absolute Gasteiger partial charge is 0.468 e. The van der Waals surface area contributed by atoms with E-state index in [2.05, 4.69) is 10.3 Å². The zero-order chi connectivity index (χ0) is 20.6.